The maximum atomic E-state index is 5.93. The number of nitrogens with zero attached hydrogens (tertiary/aromatic N) is 4. The molecule has 3 rings (SSSR count). The van der Waals surface area contributed by atoms with Gasteiger partial charge >= 0.3 is 0 Å². The molecular weight excluding hydrogens is 376 g/mol. The molecule has 0 saturated heterocycles. The predicted octanol–water partition coefficient (Wildman–Crippen LogP) is 5.45. The molecule has 1 unspecified atom stereocenters. The monoisotopic (exact) mass is 398 g/mol. The molecule has 0 spiro atoms. The minimum atomic E-state index is 0.0499. The van der Waals surface area contributed by atoms with Crippen molar-refractivity contribution in [3.63, 3.8) is 0 Å². The molecule has 6 heteroatoms. The Morgan fingerprint density at radius 1 is 1.04 bits per heavy atom. The third-order valence-corrected chi connectivity index (χ3v) is 4.88. The molecule has 1 atom stereocenters. The molecule has 0 aliphatic rings. The van der Waals surface area contributed by atoms with Gasteiger partial charge in [-0.25, -0.2) is 0 Å². The van der Waals surface area contributed by atoms with Crippen molar-refractivity contribution in [3.05, 3.63) is 76.1 Å². The van der Waals surface area contributed by atoms with Crippen LogP contribution in [0.25, 0.3) is 0 Å². The number of thiol groups is 1. The van der Waals surface area contributed by atoms with Crippen molar-refractivity contribution in [2.24, 2.45) is 11.0 Å². The van der Waals surface area contributed by atoms with Crippen LogP contribution in [0.15, 0.2) is 58.8 Å². The van der Waals surface area contributed by atoms with E-state index >= 15 is 0 Å². The van der Waals surface area contributed by atoms with E-state index in [1.807, 2.05) is 24.3 Å². The maximum Gasteiger partial charge on any atom is 0.208 e. The zero-order valence-electron chi connectivity index (χ0n) is 15.7. The SMILES string of the molecule is CC(C)Cc1ccc(C(C)c2nnc(S)n2N=Cc2ccc(Cl)cc2)cc1. The van der Waals surface area contributed by atoms with Crippen LogP contribution >= 0.6 is 24.2 Å². The highest BCUT2D eigenvalue weighted by atomic mass is 35.5. The fraction of sp³-hybridized carbons (Fsp3) is 0.286. The first kappa shape index (κ1) is 19.6. The van der Waals surface area contributed by atoms with Crippen LogP contribution in [-0.2, 0) is 6.42 Å². The summed E-state index contributed by atoms with van der Waals surface area (Å²) >= 11 is 10.3. The van der Waals surface area contributed by atoms with Gasteiger partial charge in [-0.15, -0.1) is 22.8 Å². The van der Waals surface area contributed by atoms with E-state index in [4.69, 9.17) is 11.6 Å². The van der Waals surface area contributed by atoms with Crippen molar-refractivity contribution in [1.82, 2.24) is 14.9 Å². The Labute approximate surface area is 170 Å². The van der Waals surface area contributed by atoms with Crippen molar-refractivity contribution in [3.8, 4) is 0 Å². The molecule has 4 nitrogen and oxygen atoms in total. The van der Waals surface area contributed by atoms with E-state index < -0.39 is 0 Å². The van der Waals surface area contributed by atoms with Gasteiger partial charge in [0.2, 0.25) is 5.16 Å². The molecule has 0 saturated carbocycles. The number of aromatic nitrogens is 3. The predicted molar refractivity (Wildman–Crippen MR) is 114 cm³/mol. The van der Waals surface area contributed by atoms with Crippen LogP contribution in [0.5, 0.6) is 0 Å². The molecule has 1 aromatic heterocycles. The molecule has 140 valence electrons. The normalized spacial score (nSPS) is 12.8. The van der Waals surface area contributed by atoms with Gasteiger partial charge in [0, 0.05) is 10.9 Å². The molecule has 0 amide bonds. The lowest BCUT2D eigenvalue weighted by molar-refractivity contribution is 0.646. The molecule has 0 N–H and O–H groups in total. The Kier molecular flexibility index (Phi) is 6.34. The van der Waals surface area contributed by atoms with Crippen LogP contribution in [0.2, 0.25) is 5.02 Å². The Balaban J connectivity index is 1.83. The maximum absolute atomic E-state index is 5.93. The molecule has 1 heterocycles. The topological polar surface area (TPSA) is 43.1 Å². The van der Waals surface area contributed by atoms with Crippen LogP contribution in [0.1, 0.15) is 49.2 Å². The van der Waals surface area contributed by atoms with Gasteiger partial charge in [-0.05, 0) is 41.2 Å². The highest BCUT2D eigenvalue weighted by Crippen LogP contribution is 2.25. The Hall–Kier alpha value is -2.11. The van der Waals surface area contributed by atoms with E-state index in [9.17, 15) is 0 Å². The van der Waals surface area contributed by atoms with E-state index in [-0.39, 0.29) is 5.92 Å². The smallest absolute Gasteiger partial charge is 0.191 e. The van der Waals surface area contributed by atoms with Gasteiger partial charge < -0.3 is 0 Å². The molecule has 0 bridgehead atoms. The molecular formula is C21H23ClN4S. The quantitative estimate of drug-likeness (QED) is 0.443. The summed E-state index contributed by atoms with van der Waals surface area (Å²) in [5.41, 5.74) is 3.46. The average Bonchev–Trinajstić information content (AvgIpc) is 3.01. The third-order valence-electron chi connectivity index (χ3n) is 4.35. The summed E-state index contributed by atoms with van der Waals surface area (Å²) < 4.78 is 1.67. The van der Waals surface area contributed by atoms with Crippen molar-refractivity contribution in [2.45, 2.75) is 38.3 Å². The van der Waals surface area contributed by atoms with Crippen LogP contribution in [0.3, 0.4) is 0 Å². The van der Waals surface area contributed by atoms with Crippen molar-refractivity contribution in [2.75, 3.05) is 0 Å². The van der Waals surface area contributed by atoms with Gasteiger partial charge in [-0.3, -0.25) is 0 Å². The minimum Gasteiger partial charge on any atom is -0.191 e. The second-order valence-electron chi connectivity index (χ2n) is 7.03. The largest absolute Gasteiger partial charge is 0.208 e. The number of benzene rings is 2. The summed E-state index contributed by atoms with van der Waals surface area (Å²) in [5, 5.41) is 14.0. The van der Waals surface area contributed by atoms with E-state index in [0.29, 0.717) is 16.1 Å². The lowest BCUT2D eigenvalue weighted by Gasteiger charge is -2.12. The first-order chi connectivity index (χ1) is 12.9. The van der Waals surface area contributed by atoms with Gasteiger partial charge in [-0.2, -0.15) is 9.78 Å². The van der Waals surface area contributed by atoms with Crippen molar-refractivity contribution in [1.29, 1.82) is 0 Å². The van der Waals surface area contributed by atoms with Crippen LogP contribution < -0.4 is 0 Å². The average molecular weight is 399 g/mol. The molecule has 27 heavy (non-hydrogen) atoms. The van der Waals surface area contributed by atoms with Crippen molar-refractivity contribution >= 4 is 30.4 Å². The molecule has 0 fully saturated rings. The third kappa shape index (κ3) is 4.99. The molecule has 0 aliphatic carbocycles. The van der Waals surface area contributed by atoms with Gasteiger partial charge in [0.05, 0.1) is 6.21 Å². The summed E-state index contributed by atoms with van der Waals surface area (Å²) in [4.78, 5) is 0. The minimum absolute atomic E-state index is 0.0499. The highest BCUT2D eigenvalue weighted by molar-refractivity contribution is 7.80. The number of halogens is 1. The lowest BCUT2D eigenvalue weighted by atomic mass is 9.96. The highest BCUT2D eigenvalue weighted by Gasteiger charge is 2.18. The van der Waals surface area contributed by atoms with E-state index in [1.54, 1.807) is 10.9 Å². The first-order valence-corrected chi connectivity index (χ1v) is 9.79. The Bertz CT molecular complexity index is 914. The van der Waals surface area contributed by atoms with Crippen LogP contribution in [0, 0.1) is 5.92 Å². The summed E-state index contributed by atoms with van der Waals surface area (Å²) in [6.45, 7) is 6.56. The zero-order chi connectivity index (χ0) is 19.4. The lowest BCUT2D eigenvalue weighted by Crippen LogP contribution is -2.06. The molecule has 2 aromatic carbocycles. The molecule has 3 aromatic rings. The first-order valence-electron chi connectivity index (χ1n) is 8.97. The van der Waals surface area contributed by atoms with Crippen molar-refractivity contribution < 1.29 is 0 Å². The summed E-state index contributed by atoms with van der Waals surface area (Å²) in [6, 6.07) is 16.2. The fourth-order valence-corrected chi connectivity index (χ4v) is 3.22. The summed E-state index contributed by atoms with van der Waals surface area (Å²) in [5.74, 6) is 1.45. The number of rotatable bonds is 6. The molecule has 0 radical (unpaired) electrons. The van der Waals surface area contributed by atoms with Gasteiger partial charge in [0.25, 0.3) is 0 Å². The summed E-state index contributed by atoms with van der Waals surface area (Å²) in [6.07, 6.45) is 2.83. The van der Waals surface area contributed by atoms with Gasteiger partial charge in [0.1, 0.15) is 0 Å². The van der Waals surface area contributed by atoms with Gasteiger partial charge in [0.15, 0.2) is 5.82 Å². The molecule has 0 aliphatic heterocycles. The van der Waals surface area contributed by atoms with Gasteiger partial charge in [-0.1, -0.05) is 68.8 Å². The Morgan fingerprint density at radius 2 is 1.70 bits per heavy atom. The second kappa shape index (κ2) is 8.72. The number of hydrogen-bond acceptors (Lipinski definition) is 4. The van der Waals surface area contributed by atoms with Crippen LogP contribution in [0.4, 0.5) is 0 Å². The summed E-state index contributed by atoms with van der Waals surface area (Å²) in [7, 11) is 0. The van der Waals surface area contributed by atoms with Crippen LogP contribution in [-0.4, -0.2) is 21.1 Å². The van der Waals surface area contributed by atoms with E-state index in [1.165, 1.54) is 11.1 Å². The Morgan fingerprint density at radius 3 is 2.33 bits per heavy atom. The standard InChI is InChI=1S/C21H23ClN4S/c1-14(2)12-16-4-8-18(9-5-16)15(3)20-24-25-21(27)26(20)23-13-17-6-10-19(22)11-7-17/h4-11,13-15H,12H2,1-3H3,(H,25,27). The van der Waals surface area contributed by atoms with E-state index in [2.05, 4.69) is 73.0 Å². The second-order valence-corrected chi connectivity index (χ2v) is 7.86. The van der Waals surface area contributed by atoms with E-state index in [0.717, 1.165) is 17.8 Å². The fourth-order valence-electron chi connectivity index (χ4n) is 2.90. The zero-order valence-corrected chi connectivity index (χ0v) is 17.3. The number of hydrogen-bond donors (Lipinski definition) is 1.